The molecule has 0 aromatic rings. The van der Waals surface area contributed by atoms with Gasteiger partial charge in [0, 0.05) is 6.08 Å². The van der Waals surface area contributed by atoms with Gasteiger partial charge in [-0.2, -0.15) is 0 Å². The summed E-state index contributed by atoms with van der Waals surface area (Å²) in [6, 6.07) is 0. The number of carbonyl (C=O) groups is 2. The first-order valence-corrected chi connectivity index (χ1v) is 5.03. The van der Waals surface area contributed by atoms with E-state index in [1.807, 2.05) is 0 Å². The van der Waals surface area contributed by atoms with E-state index >= 15 is 0 Å². The molecule has 0 aliphatic heterocycles. The van der Waals surface area contributed by atoms with E-state index < -0.39 is 42.1 Å². The second-order valence-corrected chi connectivity index (χ2v) is 3.90. The van der Waals surface area contributed by atoms with E-state index in [2.05, 4.69) is 11.3 Å². The maximum atomic E-state index is 10.9. The maximum Gasteiger partial charge on any atom is 1.00 e. The average Bonchev–Trinajstić information content (AvgIpc) is 2.35. The van der Waals surface area contributed by atoms with Crippen LogP contribution in [0, 0.1) is 0 Å². The number of aliphatic hydroxyl groups is 5. The summed E-state index contributed by atoms with van der Waals surface area (Å²) in [4.78, 5) is 21.8. The predicted molar refractivity (Wildman–Crippen MR) is 56.0 cm³/mol. The van der Waals surface area contributed by atoms with Crippen LogP contribution in [0.3, 0.4) is 0 Å². The number of rotatable bonds is 7. The van der Waals surface area contributed by atoms with E-state index in [9.17, 15) is 30.0 Å². The molecular weight excluding hydrogens is 271 g/mol. The zero-order valence-corrected chi connectivity index (χ0v) is 11.0. The molecule has 10 heteroatoms. The molecule has 0 saturated heterocycles. The van der Waals surface area contributed by atoms with Crippen molar-refractivity contribution in [2.45, 2.75) is 30.5 Å². The molecule has 4 atom stereocenters. The third-order valence-electron chi connectivity index (χ3n) is 2.51. The third kappa shape index (κ3) is 4.03. The van der Waals surface area contributed by atoms with Gasteiger partial charge in [0.05, 0.1) is 6.61 Å². The van der Waals surface area contributed by atoms with Crippen molar-refractivity contribution in [3.8, 4) is 0 Å². The van der Waals surface area contributed by atoms with Gasteiger partial charge in [-0.1, -0.05) is 6.58 Å². The van der Waals surface area contributed by atoms with Crippen molar-refractivity contribution in [3.05, 3.63) is 12.7 Å². The van der Waals surface area contributed by atoms with Crippen LogP contribution in [-0.2, 0) is 14.3 Å². The Bertz CT molecular complexity index is 370. The van der Waals surface area contributed by atoms with Gasteiger partial charge in [-0.15, -0.1) is 0 Å². The van der Waals surface area contributed by atoms with Crippen molar-refractivity contribution in [2.24, 2.45) is 0 Å². The molecule has 0 aromatic carbocycles. The van der Waals surface area contributed by atoms with Gasteiger partial charge in [-0.25, -0.2) is 4.79 Å². The molecular formula is C10H15LiO9. The summed E-state index contributed by atoms with van der Waals surface area (Å²) in [5.41, 5.74) is -3.06. The minimum Gasteiger partial charge on any atom is -0.543 e. The number of esters is 1. The summed E-state index contributed by atoms with van der Waals surface area (Å²) < 4.78 is 4.06. The van der Waals surface area contributed by atoms with Crippen LogP contribution in [0.15, 0.2) is 12.7 Å². The number of ether oxygens (including phenoxy) is 1. The molecule has 0 rings (SSSR count). The first-order chi connectivity index (χ1) is 8.54. The third-order valence-corrected chi connectivity index (χ3v) is 2.51. The minimum atomic E-state index is -3.66. The molecule has 0 saturated carbocycles. The molecule has 0 spiro atoms. The van der Waals surface area contributed by atoms with Gasteiger partial charge in [0.1, 0.15) is 18.2 Å². The van der Waals surface area contributed by atoms with Crippen molar-refractivity contribution in [3.63, 3.8) is 0 Å². The predicted octanol–water partition coefficient (Wildman–Crippen LogP) is -7.38. The fourth-order valence-corrected chi connectivity index (χ4v) is 1.21. The van der Waals surface area contributed by atoms with Crippen LogP contribution in [-0.4, -0.2) is 67.7 Å². The van der Waals surface area contributed by atoms with E-state index in [1.54, 1.807) is 0 Å². The fraction of sp³-hybridized carbons (Fsp3) is 0.600. The Morgan fingerprint density at radius 1 is 1.40 bits per heavy atom. The molecule has 0 aliphatic rings. The summed E-state index contributed by atoms with van der Waals surface area (Å²) in [7, 11) is 0. The quantitative estimate of drug-likeness (QED) is 0.132. The van der Waals surface area contributed by atoms with Crippen molar-refractivity contribution in [2.75, 3.05) is 6.61 Å². The number of hydrogen-bond acceptors (Lipinski definition) is 9. The maximum absolute atomic E-state index is 10.9. The molecule has 0 heterocycles. The molecule has 110 valence electrons. The minimum absolute atomic E-state index is 0. The van der Waals surface area contributed by atoms with Gasteiger partial charge in [-0.3, -0.25) is 0 Å². The molecule has 5 N–H and O–H groups in total. The van der Waals surface area contributed by atoms with Gasteiger partial charge in [0.15, 0.2) is 5.60 Å². The molecule has 0 aliphatic carbocycles. The SMILES string of the molecule is C=CC(=O)O[C@](O)(C(=O)[O-])[C@@](C)(O)[C@H](O)[C@H](O)CO.[Li+]. The molecule has 0 unspecified atom stereocenters. The summed E-state index contributed by atoms with van der Waals surface area (Å²) in [5.74, 6) is -7.51. The molecule has 20 heavy (non-hydrogen) atoms. The van der Waals surface area contributed by atoms with Crippen LogP contribution in [0.4, 0.5) is 0 Å². The standard InChI is InChI=1S/C10H16O9.Li/c1-3-6(13)19-10(18,8(15)16)9(2,17)7(14)5(12)4-11;/h3,5,7,11-12,14,17-18H,1,4H2,2H3,(H,15,16);/q;+1/p-1/t5-,7-,9+,10-;/m1./s1. The second-order valence-electron chi connectivity index (χ2n) is 3.90. The van der Waals surface area contributed by atoms with Crippen molar-refractivity contribution >= 4 is 11.9 Å². The Balaban J connectivity index is 0. The molecule has 9 nitrogen and oxygen atoms in total. The first kappa shape index (κ1) is 21.4. The Morgan fingerprint density at radius 2 is 1.85 bits per heavy atom. The van der Waals surface area contributed by atoms with Crippen LogP contribution in [0.2, 0.25) is 0 Å². The van der Waals surface area contributed by atoms with E-state index in [1.165, 1.54) is 0 Å². The van der Waals surface area contributed by atoms with Gasteiger partial charge >= 0.3 is 24.8 Å². The van der Waals surface area contributed by atoms with Crippen LogP contribution >= 0.6 is 0 Å². The molecule has 0 amide bonds. The van der Waals surface area contributed by atoms with Gasteiger partial charge in [-0.05, 0) is 6.92 Å². The topological polar surface area (TPSA) is 168 Å². The summed E-state index contributed by atoms with van der Waals surface area (Å²) in [5, 5.41) is 57.6. The largest absolute Gasteiger partial charge is 1.00 e. The molecule has 0 bridgehead atoms. The molecule has 0 fully saturated rings. The fourth-order valence-electron chi connectivity index (χ4n) is 1.21. The number of aliphatic carboxylic acids is 1. The second kappa shape index (κ2) is 7.75. The number of carbonyl (C=O) groups excluding carboxylic acids is 2. The first-order valence-electron chi connectivity index (χ1n) is 5.03. The number of aliphatic hydroxyl groups excluding tert-OH is 3. The Morgan fingerprint density at radius 3 is 2.15 bits per heavy atom. The number of carboxylic acids is 1. The van der Waals surface area contributed by atoms with Crippen LogP contribution in [0.5, 0.6) is 0 Å². The zero-order chi connectivity index (χ0) is 15.4. The van der Waals surface area contributed by atoms with Crippen LogP contribution in [0.1, 0.15) is 6.92 Å². The van der Waals surface area contributed by atoms with Gasteiger partial charge in [0.25, 0.3) is 5.79 Å². The van der Waals surface area contributed by atoms with Crippen molar-refractivity contribution < 1.29 is 63.8 Å². The van der Waals surface area contributed by atoms with E-state index in [0.29, 0.717) is 13.0 Å². The monoisotopic (exact) mass is 286 g/mol. The average molecular weight is 286 g/mol. The number of carboxylic acid groups (broad SMARTS) is 1. The van der Waals surface area contributed by atoms with Crippen molar-refractivity contribution in [1.82, 2.24) is 0 Å². The zero-order valence-electron chi connectivity index (χ0n) is 11.0. The smallest absolute Gasteiger partial charge is 0.543 e. The van der Waals surface area contributed by atoms with Gasteiger partial charge < -0.3 is 40.2 Å². The van der Waals surface area contributed by atoms with E-state index in [-0.39, 0.29) is 18.9 Å². The number of hydrogen-bond donors (Lipinski definition) is 5. The van der Waals surface area contributed by atoms with Crippen LogP contribution in [0.25, 0.3) is 0 Å². The normalized spacial score (nSPS) is 19.5. The Kier molecular flexibility index (Phi) is 8.29. The van der Waals surface area contributed by atoms with Crippen LogP contribution < -0.4 is 24.0 Å². The van der Waals surface area contributed by atoms with E-state index in [4.69, 9.17) is 10.2 Å². The summed E-state index contributed by atoms with van der Waals surface area (Å²) in [6.07, 6.45) is -3.85. The summed E-state index contributed by atoms with van der Waals surface area (Å²) in [6.45, 7) is 2.48. The summed E-state index contributed by atoms with van der Waals surface area (Å²) >= 11 is 0. The molecule has 0 radical (unpaired) electrons. The van der Waals surface area contributed by atoms with Crippen molar-refractivity contribution in [1.29, 1.82) is 0 Å². The molecule has 0 aromatic heterocycles. The Hall–Kier alpha value is -0.923. The van der Waals surface area contributed by atoms with Gasteiger partial charge in [0.2, 0.25) is 0 Å². The Labute approximate surface area is 126 Å². The van der Waals surface area contributed by atoms with E-state index in [0.717, 1.165) is 0 Å².